The van der Waals surface area contributed by atoms with Crippen LogP contribution in [0.4, 0.5) is 5.69 Å². The van der Waals surface area contributed by atoms with Crippen molar-refractivity contribution in [2.45, 2.75) is 34.0 Å². The summed E-state index contributed by atoms with van der Waals surface area (Å²) in [7, 11) is 0. The number of ether oxygens (including phenoxy) is 2. The third kappa shape index (κ3) is 7.19. The van der Waals surface area contributed by atoms with E-state index in [1.54, 1.807) is 0 Å². The summed E-state index contributed by atoms with van der Waals surface area (Å²) in [6, 6.07) is 33.9. The van der Waals surface area contributed by atoms with E-state index in [0.717, 1.165) is 28.8 Å². The van der Waals surface area contributed by atoms with Crippen LogP contribution >= 0.6 is 0 Å². The van der Waals surface area contributed by atoms with E-state index in [1.165, 1.54) is 5.56 Å². The van der Waals surface area contributed by atoms with Gasteiger partial charge in [-0.2, -0.15) is 0 Å². The highest BCUT2D eigenvalue weighted by Gasteiger charge is 2.13. The van der Waals surface area contributed by atoms with Crippen LogP contribution in [-0.2, 0) is 19.6 Å². The van der Waals surface area contributed by atoms with Gasteiger partial charge in [0.1, 0.15) is 24.7 Å². The van der Waals surface area contributed by atoms with Crippen LogP contribution in [0.3, 0.4) is 0 Å². The Balaban J connectivity index is 0.00000342. The van der Waals surface area contributed by atoms with Crippen molar-refractivity contribution in [1.82, 2.24) is 5.43 Å². The molecule has 4 aromatic carbocycles. The smallest absolute Gasteiger partial charge is 0.151 e. The van der Waals surface area contributed by atoms with Gasteiger partial charge in [0.15, 0.2) is 5.84 Å². The number of aryl methyl sites for hydroxylation is 1. The zero-order valence-electron chi connectivity index (χ0n) is 19.3. The van der Waals surface area contributed by atoms with Crippen molar-refractivity contribution >= 4 is 11.5 Å². The Bertz CT molecular complexity index is 1220. The molecule has 5 heteroatoms. The van der Waals surface area contributed by atoms with Gasteiger partial charge in [0.05, 0.1) is 11.3 Å². The molecular weight excluding hydrogens is 434 g/mol. The third-order valence-electron chi connectivity index (χ3n) is 5.39. The topological polar surface area (TPSA) is 68.9 Å². The number of aliphatic imine (C=N–C) groups is 1. The van der Waals surface area contributed by atoms with Gasteiger partial charge >= 0.3 is 0 Å². The van der Waals surface area contributed by atoms with E-state index in [2.05, 4.69) is 24.5 Å². The Morgan fingerprint density at radius 2 is 1.37 bits per heavy atom. The summed E-state index contributed by atoms with van der Waals surface area (Å²) in [5, 5.41) is 0. The number of nitrogens with one attached hydrogen (secondary N) is 1. The van der Waals surface area contributed by atoms with Crippen LogP contribution in [-0.4, -0.2) is 5.84 Å². The second-order valence-corrected chi connectivity index (χ2v) is 7.83. The summed E-state index contributed by atoms with van der Waals surface area (Å²) in [5.41, 5.74) is 7.71. The number of hydrogen-bond donors (Lipinski definition) is 2. The van der Waals surface area contributed by atoms with Crippen molar-refractivity contribution in [3.63, 3.8) is 0 Å². The molecular formula is C30H33N3O2. The highest BCUT2D eigenvalue weighted by atomic mass is 16.5. The SMILES string of the molecule is C.CCc1cccc(N=C(NN)c2ccc(OCc3ccccc3)cc2OCc2ccccc2)c1. The van der Waals surface area contributed by atoms with Crippen LogP contribution in [0.1, 0.15) is 36.6 Å². The van der Waals surface area contributed by atoms with Crippen molar-refractivity contribution in [2.75, 3.05) is 0 Å². The lowest BCUT2D eigenvalue weighted by Gasteiger charge is -2.16. The lowest BCUT2D eigenvalue weighted by atomic mass is 10.1. The maximum Gasteiger partial charge on any atom is 0.151 e. The first kappa shape index (κ1) is 25.5. The number of hydrogen-bond acceptors (Lipinski definition) is 4. The van der Waals surface area contributed by atoms with Gasteiger partial charge in [0.25, 0.3) is 0 Å². The van der Waals surface area contributed by atoms with Crippen LogP contribution in [0, 0.1) is 0 Å². The van der Waals surface area contributed by atoms with E-state index >= 15 is 0 Å². The molecule has 0 heterocycles. The van der Waals surface area contributed by atoms with Gasteiger partial charge in [-0.05, 0) is 47.4 Å². The van der Waals surface area contributed by atoms with E-state index in [4.69, 9.17) is 20.3 Å². The minimum Gasteiger partial charge on any atom is -0.489 e. The highest BCUT2D eigenvalue weighted by molar-refractivity contribution is 6.02. The molecule has 4 rings (SSSR count). The molecule has 4 aromatic rings. The molecule has 0 atom stereocenters. The summed E-state index contributed by atoms with van der Waals surface area (Å²) in [6.07, 6.45) is 0.938. The molecule has 0 amide bonds. The molecule has 35 heavy (non-hydrogen) atoms. The van der Waals surface area contributed by atoms with Crippen LogP contribution in [0.5, 0.6) is 11.5 Å². The lowest BCUT2D eigenvalue weighted by Crippen LogP contribution is -2.31. The Morgan fingerprint density at radius 3 is 2.00 bits per heavy atom. The maximum absolute atomic E-state index is 6.22. The van der Waals surface area contributed by atoms with Gasteiger partial charge in [-0.3, -0.25) is 0 Å². The molecule has 0 fully saturated rings. The van der Waals surface area contributed by atoms with Crippen molar-refractivity contribution in [3.8, 4) is 11.5 Å². The number of hydrazine groups is 1. The minimum absolute atomic E-state index is 0. The van der Waals surface area contributed by atoms with E-state index in [-0.39, 0.29) is 7.43 Å². The zero-order valence-corrected chi connectivity index (χ0v) is 19.3. The van der Waals surface area contributed by atoms with Gasteiger partial charge in [0.2, 0.25) is 0 Å². The van der Waals surface area contributed by atoms with Gasteiger partial charge in [0, 0.05) is 6.07 Å². The number of amidine groups is 1. The summed E-state index contributed by atoms with van der Waals surface area (Å²) in [6.45, 7) is 3.01. The Labute approximate surface area is 208 Å². The minimum atomic E-state index is 0. The van der Waals surface area contributed by atoms with Crippen molar-refractivity contribution in [1.29, 1.82) is 0 Å². The molecule has 0 saturated heterocycles. The lowest BCUT2D eigenvalue weighted by molar-refractivity contribution is 0.289. The number of rotatable bonds is 9. The molecule has 0 bridgehead atoms. The van der Waals surface area contributed by atoms with Gasteiger partial charge in [-0.25, -0.2) is 10.8 Å². The molecule has 0 spiro atoms. The van der Waals surface area contributed by atoms with Crippen LogP contribution in [0.2, 0.25) is 0 Å². The first-order valence-electron chi connectivity index (χ1n) is 11.4. The van der Waals surface area contributed by atoms with E-state index < -0.39 is 0 Å². The summed E-state index contributed by atoms with van der Waals surface area (Å²) in [5.74, 6) is 7.77. The fourth-order valence-electron chi connectivity index (χ4n) is 3.53. The Hall–Kier alpha value is -4.09. The molecule has 180 valence electrons. The quantitative estimate of drug-likeness (QED) is 0.126. The van der Waals surface area contributed by atoms with Crippen LogP contribution in [0.25, 0.3) is 0 Å². The second-order valence-electron chi connectivity index (χ2n) is 7.83. The molecule has 0 unspecified atom stereocenters. The molecule has 5 nitrogen and oxygen atoms in total. The molecule has 0 aliphatic carbocycles. The largest absolute Gasteiger partial charge is 0.489 e. The molecule has 0 saturated carbocycles. The molecule has 0 aromatic heterocycles. The molecule has 0 radical (unpaired) electrons. The first-order valence-corrected chi connectivity index (χ1v) is 11.4. The van der Waals surface area contributed by atoms with Gasteiger partial charge in [-0.1, -0.05) is 87.1 Å². The summed E-state index contributed by atoms with van der Waals surface area (Å²) >= 11 is 0. The summed E-state index contributed by atoms with van der Waals surface area (Å²) < 4.78 is 12.3. The Kier molecular flexibility index (Phi) is 9.46. The maximum atomic E-state index is 6.22. The molecule has 0 aliphatic heterocycles. The van der Waals surface area contributed by atoms with Gasteiger partial charge < -0.3 is 14.9 Å². The number of nitrogens with zero attached hydrogens (tertiary/aromatic N) is 1. The van der Waals surface area contributed by atoms with Crippen LogP contribution in [0.15, 0.2) is 108 Å². The van der Waals surface area contributed by atoms with E-state index in [0.29, 0.717) is 30.5 Å². The van der Waals surface area contributed by atoms with Crippen LogP contribution < -0.4 is 20.7 Å². The molecule has 3 N–H and O–H groups in total. The zero-order chi connectivity index (χ0) is 23.6. The van der Waals surface area contributed by atoms with Crippen molar-refractivity contribution in [2.24, 2.45) is 10.8 Å². The summed E-state index contributed by atoms with van der Waals surface area (Å²) in [4.78, 5) is 4.75. The predicted molar refractivity (Wildman–Crippen MR) is 144 cm³/mol. The van der Waals surface area contributed by atoms with Crippen molar-refractivity contribution in [3.05, 3.63) is 125 Å². The van der Waals surface area contributed by atoms with E-state index in [9.17, 15) is 0 Å². The highest BCUT2D eigenvalue weighted by Crippen LogP contribution is 2.28. The predicted octanol–water partition coefficient (Wildman–Crippen LogP) is 6.58. The monoisotopic (exact) mass is 467 g/mol. The average molecular weight is 468 g/mol. The second kappa shape index (κ2) is 13.0. The fraction of sp³-hybridized carbons (Fsp3) is 0.167. The molecule has 0 aliphatic rings. The Morgan fingerprint density at radius 1 is 0.743 bits per heavy atom. The van der Waals surface area contributed by atoms with Gasteiger partial charge in [-0.15, -0.1) is 0 Å². The fourth-order valence-corrected chi connectivity index (χ4v) is 3.53. The average Bonchev–Trinajstić information content (AvgIpc) is 2.91. The first-order chi connectivity index (χ1) is 16.7. The number of nitrogens with two attached hydrogens (primary N) is 1. The van der Waals surface area contributed by atoms with E-state index in [1.807, 2.05) is 91.0 Å². The third-order valence-corrected chi connectivity index (χ3v) is 5.39. The number of benzene rings is 4. The standard InChI is InChI=1S/C29H29N3O2.CH4/c1-2-22-14-9-15-25(18-22)31-29(32-30)27-17-16-26(33-20-23-10-5-3-6-11-23)19-28(27)34-21-24-12-7-4-8-13-24;/h3-19H,2,20-21,30H2,1H3,(H,31,32);1H4. The normalized spacial score (nSPS) is 10.9. The van der Waals surface area contributed by atoms with Crippen molar-refractivity contribution < 1.29 is 9.47 Å².